The summed E-state index contributed by atoms with van der Waals surface area (Å²) in [6, 6.07) is 91.1. The van der Waals surface area contributed by atoms with E-state index in [1.807, 2.05) is 60.7 Å². The van der Waals surface area contributed by atoms with Crippen molar-refractivity contribution in [3.8, 4) is 56.7 Å². The molecule has 3 heterocycles. The molecule has 13 aromatic rings. The zero-order valence-electron chi connectivity index (χ0n) is 38.5. The second-order valence-corrected chi connectivity index (χ2v) is 18.1. The highest BCUT2D eigenvalue weighted by Crippen LogP contribution is 2.44. The van der Waals surface area contributed by atoms with Gasteiger partial charge in [-0.15, -0.1) is 0 Å². The van der Waals surface area contributed by atoms with Crippen molar-refractivity contribution in [2.75, 3.05) is 0 Å². The highest BCUT2D eigenvalue weighted by Gasteiger charge is 2.33. The maximum absolute atomic E-state index is 5.14. The summed E-state index contributed by atoms with van der Waals surface area (Å²) in [5.41, 5.74) is 15.5. The van der Waals surface area contributed by atoms with Gasteiger partial charge in [-0.2, -0.15) is 9.97 Å². The number of hydrogen-bond donors (Lipinski definition) is 0. The Hall–Kier alpha value is -9.19. The lowest BCUT2D eigenvalue weighted by atomic mass is 9.69. The minimum Gasteiger partial charge on any atom is -0.309 e. The lowest BCUT2D eigenvalue weighted by Crippen LogP contribution is -2.26. The number of para-hydroxylation sites is 2. The van der Waals surface area contributed by atoms with E-state index in [0.29, 0.717) is 17.6 Å². The number of fused-ring (bicyclic) bond motifs is 6. The summed E-state index contributed by atoms with van der Waals surface area (Å²) in [5, 5.41) is 4.69. The fraction of sp³-hybridized carbons (Fsp3) is 0.0308. The smallest absolute Gasteiger partial charge is 0.238 e. The van der Waals surface area contributed by atoms with Crippen LogP contribution in [0.1, 0.15) is 23.6 Å². The number of benzene rings is 10. The third kappa shape index (κ3) is 6.82. The maximum Gasteiger partial charge on any atom is 0.238 e. The molecule has 3 aromatic heterocycles. The predicted molar refractivity (Wildman–Crippen MR) is 289 cm³/mol. The molecule has 5 nitrogen and oxygen atoms in total. The van der Waals surface area contributed by atoms with Gasteiger partial charge in [-0.05, 0) is 94.4 Å². The molecule has 10 aromatic carbocycles. The quantitative estimate of drug-likeness (QED) is 0.136. The predicted octanol–water partition coefficient (Wildman–Crippen LogP) is 16.1. The molecule has 0 saturated carbocycles. The van der Waals surface area contributed by atoms with Crippen molar-refractivity contribution in [1.29, 1.82) is 0 Å². The first-order valence-electron chi connectivity index (χ1n) is 23.9. The second-order valence-electron chi connectivity index (χ2n) is 18.1. The molecule has 0 aliphatic rings. The van der Waals surface area contributed by atoms with E-state index in [-0.39, 0.29) is 0 Å². The van der Waals surface area contributed by atoms with E-state index in [4.69, 9.17) is 15.0 Å². The average molecular weight is 896 g/mol. The van der Waals surface area contributed by atoms with Crippen molar-refractivity contribution >= 4 is 43.6 Å². The van der Waals surface area contributed by atoms with Gasteiger partial charge in [0.15, 0.2) is 11.6 Å². The Balaban J connectivity index is 0.919. The highest BCUT2D eigenvalue weighted by atomic mass is 15.2. The van der Waals surface area contributed by atoms with E-state index >= 15 is 0 Å². The van der Waals surface area contributed by atoms with Gasteiger partial charge in [0.2, 0.25) is 5.95 Å². The molecule has 0 N–H and O–H groups in total. The zero-order valence-corrected chi connectivity index (χ0v) is 38.5. The van der Waals surface area contributed by atoms with Crippen LogP contribution >= 0.6 is 0 Å². The largest absolute Gasteiger partial charge is 0.309 e. The van der Waals surface area contributed by atoms with E-state index in [0.717, 1.165) is 55.3 Å². The molecule has 70 heavy (non-hydrogen) atoms. The van der Waals surface area contributed by atoms with Crippen molar-refractivity contribution in [3.05, 3.63) is 271 Å². The first kappa shape index (κ1) is 41.0. The number of hydrogen-bond acceptors (Lipinski definition) is 3. The molecule has 0 saturated heterocycles. The third-order valence-electron chi connectivity index (χ3n) is 14.2. The van der Waals surface area contributed by atoms with Gasteiger partial charge in [0.05, 0.1) is 22.1 Å². The molecule has 0 aliphatic heterocycles. The van der Waals surface area contributed by atoms with E-state index in [1.54, 1.807) is 0 Å². The molecule has 0 amide bonds. The summed E-state index contributed by atoms with van der Waals surface area (Å²) in [7, 11) is 0. The fourth-order valence-corrected chi connectivity index (χ4v) is 10.7. The Kier molecular flexibility index (Phi) is 9.88. The average Bonchev–Trinajstić information content (AvgIpc) is 3.96. The Morgan fingerprint density at radius 2 is 0.743 bits per heavy atom. The summed E-state index contributed by atoms with van der Waals surface area (Å²) in [5.74, 6) is 1.84. The fourth-order valence-electron chi connectivity index (χ4n) is 10.7. The second kappa shape index (κ2) is 16.8. The zero-order chi connectivity index (χ0) is 46.6. The van der Waals surface area contributed by atoms with Gasteiger partial charge < -0.3 is 4.57 Å². The molecule has 0 aliphatic carbocycles. The Labute approximate surface area is 406 Å². The van der Waals surface area contributed by atoms with Crippen LogP contribution in [0.3, 0.4) is 0 Å². The van der Waals surface area contributed by atoms with Gasteiger partial charge in [-0.3, -0.25) is 4.57 Å². The molecule has 13 rings (SSSR count). The Morgan fingerprint density at radius 3 is 1.31 bits per heavy atom. The van der Waals surface area contributed by atoms with Crippen molar-refractivity contribution in [3.63, 3.8) is 0 Å². The van der Waals surface area contributed by atoms with Crippen LogP contribution in [-0.2, 0) is 5.41 Å². The van der Waals surface area contributed by atoms with E-state index in [9.17, 15) is 0 Å². The van der Waals surface area contributed by atoms with Gasteiger partial charge in [0, 0.05) is 43.8 Å². The van der Waals surface area contributed by atoms with Crippen LogP contribution in [0.2, 0.25) is 0 Å². The number of aromatic nitrogens is 5. The molecule has 0 bridgehead atoms. The van der Waals surface area contributed by atoms with Crippen LogP contribution in [-0.4, -0.2) is 24.1 Å². The van der Waals surface area contributed by atoms with Gasteiger partial charge in [-0.25, -0.2) is 4.98 Å². The molecule has 1 atom stereocenters. The van der Waals surface area contributed by atoms with Crippen LogP contribution in [0.4, 0.5) is 0 Å². The first-order valence-corrected chi connectivity index (χ1v) is 23.9. The van der Waals surface area contributed by atoms with Crippen LogP contribution in [0.5, 0.6) is 0 Å². The van der Waals surface area contributed by atoms with Crippen LogP contribution in [0, 0.1) is 0 Å². The van der Waals surface area contributed by atoms with Gasteiger partial charge >= 0.3 is 0 Å². The molecular weight excluding hydrogens is 851 g/mol. The first-order chi connectivity index (χ1) is 34.6. The molecular formula is C65H45N5. The summed E-state index contributed by atoms with van der Waals surface area (Å²) >= 11 is 0. The minimum absolute atomic E-state index is 0.420. The monoisotopic (exact) mass is 895 g/mol. The summed E-state index contributed by atoms with van der Waals surface area (Å²) in [4.78, 5) is 15.3. The summed E-state index contributed by atoms with van der Waals surface area (Å²) in [6.07, 6.45) is 0. The highest BCUT2D eigenvalue weighted by molar-refractivity contribution is 6.12. The standard InChI is InChI=1S/C65H45N5/c1-65(49-26-12-5-13-27-49,57-31-17-14-28-52(57)44-20-6-2-7-21-44)50-36-38-51(39-37-50)69-58-32-18-15-29-53(58)55-42-47(34-40-60(55)69)48-35-41-61-56(43-48)54-30-16-19-33-59(54)70(61)64-67-62(45-22-8-3-9-23-45)66-63(68-64)46-24-10-4-11-25-46/h2-43H,1H3. The molecule has 5 heteroatoms. The van der Waals surface area contributed by atoms with Crippen LogP contribution in [0.25, 0.3) is 100 Å². The molecule has 1 unspecified atom stereocenters. The van der Waals surface area contributed by atoms with Crippen molar-refractivity contribution < 1.29 is 0 Å². The third-order valence-corrected chi connectivity index (χ3v) is 14.2. The Morgan fingerprint density at radius 1 is 0.314 bits per heavy atom. The van der Waals surface area contributed by atoms with Gasteiger partial charge in [0.1, 0.15) is 0 Å². The number of rotatable bonds is 9. The van der Waals surface area contributed by atoms with Crippen molar-refractivity contribution in [2.45, 2.75) is 12.3 Å². The maximum atomic E-state index is 5.14. The summed E-state index contributed by atoms with van der Waals surface area (Å²) in [6.45, 7) is 2.37. The normalized spacial score (nSPS) is 12.5. The SMILES string of the molecule is CC(c1ccccc1)(c1ccc(-n2c3ccccc3c3cc(-c4ccc5c(c4)c4ccccc4n5-c4nc(-c5ccccc5)nc(-c5ccccc5)n4)ccc32)cc1)c1ccccc1-c1ccccc1. The molecule has 330 valence electrons. The molecule has 0 spiro atoms. The van der Waals surface area contributed by atoms with E-state index < -0.39 is 5.41 Å². The number of nitrogens with zero attached hydrogens (tertiary/aromatic N) is 5. The van der Waals surface area contributed by atoms with E-state index in [1.165, 1.54) is 44.1 Å². The van der Waals surface area contributed by atoms with E-state index in [2.05, 4.69) is 210 Å². The van der Waals surface area contributed by atoms with Crippen LogP contribution in [0.15, 0.2) is 255 Å². The van der Waals surface area contributed by atoms with Gasteiger partial charge in [-0.1, -0.05) is 206 Å². The molecule has 0 radical (unpaired) electrons. The Bertz CT molecular complexity index is 3990. The minimum atomic E-state index is -0.420. The van der Waals surface area contributed by atoms with Crippen LogP contribution < -0.4 is 0 Å². The molecule has 0 fully saturated rings. The van der Waals surface area contributed by atoms with Gasteiger partial charge in [0.25, 0.3) is 0 Å². The topological polar surface area (TPSA) is 48.5 Å². The summed E-state index contributed by atoms with van der Waals surface area (Å²) < 4.78 is 4.59. The lowest BCUT2D eigenvalue weighted by molar-refractivity contribution is 0.694. The van der Waals surface area contributed by atoms with Crippen molar-refractivity contribution in [2.24, 2.45) is 0 Å². The van der Waals surface area contributed by atoms with Crippen molar-refractivity contribution in [1.82, 2.24) is 24.1 Å². The lowest BCUT2D eigenvalue weighted by Gasteiger charge is -2.34.